The first-order valence-corrected chi connectivity index (χ1v) is 6.78. The third-order valence-electron chi connectivity index (χ3n) is 2.88. The molecule has 0 spiro atoms. The predicted octanol–water partition coefficient (Wildman–Crippen LogP) is 3.61. The van der Waals surface area contributed by atoms with Gasteiger partial charge in [-0.3, -0.25) is 0 Å². The van der Waals surface area contributed by atoms with Crippen LogP contribution in [0, 0.1) is 5.41 Å². The average Bonchev–Trinajstić information content (AvgIpc) is 2.22. The second kappa shape index (κ2) is 9.00. The van der Waals surface area contributed by atoms with Gasteiger partial charge in [0.05, 0.1) is 12.7 Å². The highest BCUT2D eigenvalue weighted by molar-refractivity contribution is 4.70. The van der Waals surface area contributed by atoms with Crippen LogP contribution in [0.4, 0.5) is 0 Å². The van der Waals surface area contributed by atoms with E-state index in [-0.39, 0.29) is 5.41 Å². The molecule has 1 N–H and O–H groups in total. The van der Waals surface area contributed by atoms with E-state index in [1.165, 1.54) is 32.1 Å². The first-order valence-electron chi connectivity index (χ1n) is 6.78. The van der Waals surface area contributed by atoms with Crippen molar-refractivity contribution >= 4 is 0 Å². The summed E-state index contributed by atoms with van der Waals surface area (Å²) < 4.78 is 5.90. The Labute approximate surface area is 102 Å². The summed E-state index contributed by atoms with van der Waals surface area (Å²) in [5.74, 6) is 0. The molecule has 0 rings (SSSR count). The number of hydrogen-bond donors (Lipinski definition) is 1. The SMILES string of the molecule is CCCCCCC(C)OCC(C)(C)CNC. The highest BCUT2D eigenvalue weighted by Gasteiger charge is 2.18. The fourth-order valence-electron chi connectivity index (χ4n) is 1.84. The summed E-state index contributed by atoms with van der Waals surface area (Å²) in [6.45, 7) is 10.8. The van der Waals surface area contributed by atoms with Crippen molar-refractivity contribution in [2.45, 2.75) is 65.9 Å². The molecule has 0 amide bonds. The topological polar surface area (TPSA) is 21.3 Å². The lowest BCUT2D eigenvalue weighted by Crippen LogP contribution is -2.32. The molecule has 0 saturated heterocycles. The summed E-state index contributed by atoms with van der Waals surface area (Å²) in [4.78, 5) is 0. The first kappa shape index (κ1) is 15.9. The van der Waals surface area contributed by atoms with Gasteiger partial charge in [-0.1, -0.05) is 46.5 Å². The summed E-state index contributed by atoms with van der Waals surface area (Å²) in [5.41, 5.74) is 0.242. The molecule has 0 aliphatic rings. The van der Waals surface area contributed by atoms with Gasteiger partial charge in [-0.15, -0.1) is 0 Å². The van der Waals surface area contributed by atoms with Crippen LogP contribution in [0.1, 0.15) is 59.8 Å². The number of hydrogen-bond acceptors (Lipinski definition) is 2. The van der Waals surface area contributed by atoms with E-state index in [0.717, 1.165) is 13.2 Å². The lowest BCUT2D eigenvalue weighted by atomic mass is 9.95. The molecule has 0 bridgehead atoms. The fourth-order valence-corrected chi connectivity index (χ4v) is 1.84. The highest BCUT2D eigenvalue weighted by atomic mass is 16.5. The quantitative estimate of drug-likeness (QED) is 0.578. The van der Waals surface area contributed by atoms with Crippen molar-refractivity contribution in [3.63, 3.8) is 0 Å². The number of unbranched alkanes of at least 4 members (excludes halogenated alkanes) is 3. The molecular formula is C14H31NO. The zero-order valence-electron chi connectivity index (χ0n) is 11.9. The standard InChI is InChI=1S/C14H31NO/c1-6-7-8-9-10-13(2)16-12-14(3,4)11-15-5/h13,15H,6-12H2,1-5H3. The molecule has 0 aromatic heterocycles. The van der Waals surface area contributed by atoms with Crippen molar-refractivity contribution in [3.05, 3.63) is 0 Å². The van der Waals surface area contributed by atoms with Gasteiger partial charge in [0, 0.05) is 12.0 Å². The van der Waals surface area contributed by atoms with Crippen molar-refractivity contribution in [1.29, 1.82) is 0 Å². The summed E-state index contributed by atoms with van der Waals surface area (Å²) in [5, 5.41) is 3.21. The van der Waals surface area contributed by atoms with Crippen LogP contribution in [0.25, 0.3) is 0 Å². The molecule has 0 heterocycles. The van der Waals surface area contributed by atoms with Crippen LogP contribution < -0.4 is 5.32 Å². The Morgan fingerprint density at radius 2 is 1.88 bits per heavy atom. The van der Waals surface area contributed by atoms with E-state index in [1.54, 1.807) is 0 Å². The van der Waals surface area contributed by atoms with Gasteiger partial charge in [-0.2, -0.15) is 0 Å². The molecule has 98 valence electrons. The Morgan fingerprint density at radius 1 is 1.19 bits per heavy atom. The average molecular weight is 229 g/mol. The summed E-state index contributed by atoms with van der Waals surface area (Å²) in [6.07, 6.45) is 6.94. The van der Waals surface area contributed by atoms with Gasteiger partial charge in [0.1, 0.15) is 0 Å². The number of rotatable bonds is 10. The predicted molar refractivity (Wildman–Crippen MR) is 71.9 cm³/mol. The highest BCUT2D eigenvalue weighted by Crippen LogP contribution is 2.16. The summed E-state index contributed by atoms with van der Waals surface area (Å²) >= 11 is 0. The van der Waals surface area contributed by atoms with Crippen molar-refractivity contribution in [3.8, 4) is 0 Å². The third kappa shape index (κ3) is 9.17. The molecular weight excluding hydrogens is 198 g/mol. The summed E-state index contributed by atoms with van der Waals surface area (Å²) in [7, 11) is 2.00. The van der Waals surface area contributed by atoms with E-state index in [1.807, 2.05) is 7.05 Å². The number of ether oxygens (including phenoxy) is 1. The van der Waals surface area contributed by atoms with Gasteiger partial charge in [-0.25, -0.2) is 0 Å². The van der Waals surface area contributed by atoms with E-state index in [9.17, 15) is 0 Å². The lowest BCUT2D eigenvalue weighted by molar-refractivity contribution is 0.00796. The fraction of sp³-hybridized carbons (Fsp3) is 1.00. The van der Waals surface area contributed by atoms with Gasteiger partial charge in [-0.05, 0) is 20.4 Å². The van der Waals surface area contributed by atoms with E-state index in [2.05, 4.69) is 33.0 Å². The lowest BCUT2D eigenvalue weighted by Gasteiger charge is -2.26. The van der Waals surface area contributed by atoms with Crippen molar-refractivity contribution in [2.75, 3.05) is 20.2 Å². The van der Waals surface area contributed by atoms with Gasteiger partial charge < -0.3 is 10.1 Å². The zero-order chi connectivity index (χ0) is 12.4. The van der Waals surface area contributed by atoms with Crippen molar-refractivity contribution < 1.29 is 4.74 Å². The first-order chi connectivity index (χ1) is 7.52. The molecule has 0 saturated carbocycles. The van der Waals surface area contributed by atoms with Gasteiger partial charge in [0.25, 0.3) is 0 Å². The zero-order valence-corrected chi connectivity index (χ0v) is 11.9. The van der Waals surface area contributed by atoms with E-state index in [4.69, 9.17) is 4.74 Å². The second-order valence-electron chi connectivity index (χ2n) is 5.67. The molecule has 0 radical (unpaired) electrons. The minimum absolute atomic E-state index is 0.242. The molecule has 0 fully saturated rings. The van der Waals surface area contributed by atoms with E-state index >= 15 is 0 Å². The molecule has 16 heavy (non-hydrogen) atoms. The minimum Gasteiger partial charge on any atom is -0.378 e. The van der Waals surface area contributed by atoms with Crippen LogP contribution in [0.2, 0.25) is 0 Å². The van der Waals surface area contributed by atoms with Gasteiger partial charge >= 0.3 is 0 Å². The molecule has 0 aromatic carbocycles. The van der Waals surface area contributed by atoms with Crippen LogP contribution in [0.5, 0.6) is 0 Å². The van der Waals surface area contributed by atoms with Crippen LogP contribution in [0.15, 0.2) is 0 Å². The van der Waals surface area contributed by atoms with Crippen molar-refractivity contribution in [1.82, 2.24) is 5.32 Å². The molecule has 0 aliphatic heterocycles. The maximum Gasteiger partial charge on any atom is 0.0547 e. The monoisotopic (exact) mass is 229 g/mol. The molecule has 2 nitrogen and oxygen atoms in total. The number of nitrogens with one attached hydrogen (secondary N) is 1. The van der Waals surface area contributed by atoms with E-state index in [0.29, 0.717) is 6.10 Å². The maximum absolute atomic E-state index is 5.90. The van der Waals surface area contributed by atoms with Crippen LogP contribution in [0.3, 0.4) is 0 Å². The smallest absolute Gasteiger partial charge is 0.0547 e. The Kier molecular flexibility index (Phi) is 8.96. The molecule has 0 aliphatic carbocycles. The van der Waals surface area contributed by atoms with Crippen LogP contribution in [-0.4, -0.2) is 26.3 Å². The molecule has 0 aromatic rings. The van der Waals surface area contributed by atoms with Gasteiger partial charge in [0.2, 0.25) is 0 Å². The third-order valence-corrected chi connectivity index (χ3v) is 2.88. The summed E-state index contributed by atoms with van der Waals surface area (Å²) in [6, 6.07) is 0. The van der Waals surface area contributed by atoms with Crippen LogP contribution in [-0.2, 0) is 4.74 Å². The minimum atomic E-state index is 0.242. The molecule has 1 atom stereocenters. The Hall–Kier alpha value is -0.0800. The Balaban J connectivity index is 3.52. The second-order valence-corrected chi connectivity index (χ2v) is 5.67. The van der Waals surface area contributed by atoms with Crippen LogP contribution >= 0.6 is 0 Å². The van der Waals surface area contributed by atoms with Gasteiger partial charge in [0.15, 0.2) is 0 Å². The Morgan fingerprint density at radius 3 is 2.44 bits per heavy atom. The maximum atomic E-state index is 5.90. The molecule has 1 unspecified atom stereocenters. The molecule has 2 heteroatoms. The normalized spacial score (nSPS) is 14.1. The largest absolute Gasteiger partial charge is 0.378 e. The Bertz CT molecular complexity index is 157. The van der Waals surface area contributed by atoms with E-state index < -0.39 is 0 Å². The van der Waals surface area contributed by atoms with Crippen molar-refractivity contribution in [2.24, 2.45) is 5.41 Å².